The van der Waals surface area contributed by atoms with Gasteiger partial charge in [-0.25, -0.2) is 0 Å². The highest BCUT2D eigenvalue weighted by atomic mass is 35.5. The summed E-state index contributed by atoms with van der Waals surface area (Å²) in [4.78, 5) is 11.7. The summed E-state index contributed by atoms with van der Waals surface area (Å²) < 4.78 is 0. The molecule has 1 amide bonds. The van der Waals surface area contributed by atoms with Gasteiger partial charge in [0, 0.05) is 11.1 Å². The minimum atomic E-state index is -0.0627. The first-order valence-electron chi connectivity index (χ1n) is 5.88. The second kappa shape index (κ2) is 6.86. The average molecular weight is 289 g/mol. The number of carbonyl (C=O) groups is 1. The Morgan fingerprint density at radius 1 is 1.28 bits per heavy atom. The van der Waals surface area contributed by atoms with E-state index in [1.807, 2.05) is 6.92 Å². The summed E-state index contributed by atoms with van der Waals surface area (Å²) in [6.07, 6.45) is 0. The first-order chi connectivity index (χ1) is 8.40. The van der Waals surface area contributed by atoms with Crippen LogP contribution in [0.4, 0.5) is 5.69 Å². The number of nitrogens with one attached hydrogen (secondary N) is 2. The van der Waals surface area contributed by atoms with Crippen molar-refractivity contribution in [3.8, 4) is 0 Å². The molecule has 18 heavy (non-hydrogen) atoms. The number of amides is 1. The van der Waals surface area contributed by atoms with Crippen molar-refractivity contribution in [3.63, 3.8) is 0 Å². The number of hydrogen-bond acceptors (Lipinski definition) is 2. The van der Waals surface area contributed by atoms with Crippen molar-refractivity contribution < 1.29 is 4.79 Å². The van der Waals surface area contributed by atoms with E-state index in [0.717, 1.165) is 0 Å². The van der Waals surface area contributed by atoms with Crippen molar-refractivity contribution in [3.05, 3.63) is 28.2 Å². The highest BCUT2D eigenvalue weighted by Gasteiger charge is 2.10. The van der Waals surface area contributed by atoms with Crippen molar-refractivity contribution in [2.45, 2.75) is 26.8 Å². The molecular formula is C13H18Cl2N2O. The Hall–Kier alpha value is -0.930. The summed E-state index contributed by atoms with van der Waals surface area (Å²) in [6.45, 7) is 6.28. The molecule has 1 unspecified atom stereocenters. The molecule has 0 aromatic heterocycles. The Bertz CT molecular complexity index is 421. The molecule has 0 fully saturated rings. The second-order valence-corrected chi connectivity index (χ2v) is 5.42. The zero-order valence-electron chi connectivity index (χ0n) is 10.8. The van der Waals surface area contributed by atoms with Crippen molar-refractivity contribution in [1.82, 2.24) is 5.32 Å². The minimum absolute atomic E-state index is 0.0627. The predicted molar refractivity (Wildman–Crippen MR) is 77.4 cm³/mol. The summed E-state index contributed by atoms with van der Waals surface area (Å²) in [5.41, 5.74) is 0.663. The Labute approximate surface area is 118 Å². The third kappa shape index (κ3) is 4.75. The average Bonchev–Trinajstić information content (AvgIpc) is 2.30. The fourth-order valence-corrected chi connectivity index (χ4v) is 1.64. The van der Waals surface area contributed by atoms with E-state index in [4.69, 9.17) is 23.2 Å². The van der Waals surface area contributed by atoms with Crippen LogP contribution in [0.15, 0.2) is 18.2 Å². The van der Waals surface area contributed by atoms with E-state index in [2.05, 4.69) is 24.5 Å². The maximum Gasteiger partial charge on any atom is 0.239 e. The van der Waals surface area contributed by atoms with Crippen LogP contribution in [0.3, 0.4) is 0 Å². The molecule has 0 aliphatic carbocycles. The van der Waals surface area contributed by atoms with E-state index in [0.29, 0.717) is 21.7 Å². The molecule has 1 aromatic carbocycles. The molecular weight excluding hydrogens is 271 g/mol. The van der Waals surface area contributed by atoms with Crippen LogP contribution in [0, 0.1) is 5.92 Å². The SMILES string of the molecule is CC(C)C(C)NC(=O)CNc1cc(Cl)ccc1Cl. The fraction of sp³-hybridized carbons (Fsp3) is 0.462. The largest absolute Gasteiger partial charge is 0.375 e. The first kappa shape index (κ1) is 15.1. The second-order valence-electron chi connectivity index (χ2n) is 4.58. The van der Waals surface area contributed by atoms with Crippen LogP contribution in [0.5, 0.6) is 0 Å². The molecule has 0 saturated heterocycles. The maximum atomic E-state index is 11.7. The lowest BCUT2D eigenvalue weighted by atomic mass is 10.1. The van der Waals surface area contributed by atoms with Gasteiger partial charge in [-0.3, -0.25) is 4.79 Å². The smallest absolute Gasteiger partial charge is 0.239 e. The molecule has 0 heterocycles. The molecule has 0 aliphatic rings. The number of halogens is 2. The van der Waals surface area contributed by atoms with Gasteiger partial charge in [0.1, 0.15) is 0 Å². The minimum Gasteiger partial charge on any atom is -0.375 e. The molecule has 0 radical (unpaired) electrons. The quantitative estimate of drug-likeness (QED) is 0.870. The molecule has 0 spiro atoms. The van der Waals surface area contributed by atoms with Crippen molar-refractivity contribution in [2.24, 2.45) is 5.92 Å². The number of carbonyl (C=O) groups excluding carboxylic acids is 1. The van der Waals surface area contributed by atoms with E-state index in [1.54, 1.807) is 18.2 Å². The fourth-order valence-electron chi connectivity index (χ4n) is 1.28. The molecule has 3 nitrogen and oxygen atoms in total. The topological polar surface area (TPSA) is 41.1 Å². The van der Waals surface area contributed by atoms with E-state index in [-0.39, 0.29) is 18.5 Å². The molecule has 0 saturated carbocycles. The van der Waals surface area contributed by atoms with Crippen LogP contribution >= 0.6 is 23.2 Å². The van der Waals surface area contributed by atoms with Crippen molar-refractivity contribution in [1.29, 1.82) is 0 Å². The molecule has 1 atom stereocenters. The summed E-state index contributed by atoms with van der Waals surface area (Å²) >= 11 is 11.8. The van der Waals surface area contributed by atoms with Gasteiger partial charge in [0.2, 0.25) is 5.91 Å². The van der Waals surface area contributed by atoms with Crippen molar-refractivity contribution >= 4 is 34.8 Å². The molecule has 0 aliphatic heterocycles. The van der Waals surface area contributed by atoms with Gasteiger partial charge in [0.15, 0.2) is 0 Å². The van der Waals surface area contributed by atoms with Crippen LogP contribution < -0.4 is 10.6 Å². The summed E-state index contributed by atoms with van der Waals surface area (Å²) in [6, 6.07) is 5.24. The van der Waals surface area contributed by atoms with Crippen molar-refractivity contribution in [2.75, 3.05) is 11.9 Å². The normalized spacial score (nSPS) is 12.3. The first-order valence-corrected chi connectivity index (χ1v) is 6.64. The summed E-state index contributed by atoms with van der Waals surface area (Å²) in [5, 5.41) is 7.00. The molecule has 1 rings (SSSR count). The van der Waals surface area contributed by atoms with E-state index >= 15 is 0 Å². The van der Waals surface area contributed by atoms with Crippen LogP contribution in [0.1, 0.15) is 20.8 Å². The zero-order valence-corrected chi connectivity index (χ0v) is 12.3. The van der Waals surface area contributed by atoms with Crippen LogP contribution in [-0.4, -0.2) is 18.5 Å². The molecule has 0 bridgehead atoms. The highest BCUT2D eigenvalue weighted by Crippen LogP contribution is 2.24. The number of hydrogen-bond donors (Lipinski definition) is 2. The van der Waals surface area contributed by atoms with Gasteiger partial charge in [-0.1, -0.05) is 37.0 Å². The van der Waals surface area contributed by atoms with Crippen LogP contribution in [-0.2, 0) is 4.79 Å². The third-order valence-corrected chi connectivity index (χ3v) is 3.32. The zero-order chi connectivity index (χ0) is 13.7. The van der Waals surface area contributed by atoms with E-state index in [9.17, 15) is 4.79 Å². The molecule has 1 aromatic rings. The van der Waals surface area contributed by atoms with Gasteiger partial charge >= 0.3 is 0 Å². The van der Waals surface area contributed by atoms with Gasteiger partial charge in [-0.2, -0.15) is 0 Å². The Morgan fingerprint density at radius 2 is 1.94 bits per heavy atom. The van der Waals surface area contributed by atoms with Gasteiger partial charge in [-0.15, -0.1) is 0 Å². The lowest BCUT2D eigenvalue weighted by Crippen LogP contribution is -2.39. The van der Waals surface area contributed by atoms with Crippen LogP contribution in [0.25, 0.3) is 0 Å². The van der Waals surface area contributed by atoms with E-state index < -0.39 is 0 Å². The monoisotopic (exact) mass is 288 g/mol. The third-order valence-electron chi connectivity index (χ3n) is 2.76. The number of benzene rings is 1. The van der Waals surface area contributed by atoms with Crippen LogP contribution in [0.2, 0.25) is 10.0 Å². The van der Waals surface area contributed by atoms with E-state index in [1.165, 1.54) is 0 Å². The standard InChI is InChI=1S/C13H18Cl2N2O/c1-8(2)9(3)17-13(18)7-16-12-6-10(14)4-5-11(12)15/h4-6,8-9,16H,7H2,1-3H3,(H,17,18). The molecule has 100 valence electrons. The Morgan fingerprint density at radius 3 is 2.56 bits per heavy atom. The highest BCUT2D eigenvalue weighted by molar-refractivity contribution is 6.35. The molecule has 2 N–H and O–H groups in total. The lowest BCUT2D eigenvalue weighted by molar-refractivity contribution is -0.120. The van der Waals surface area contributed by atoms with Gasteiger partial charge in [0.25, 0.3) is 0 Å². The number of anilines is 1. The Kier molecular flexibility index (Phi) is 5.76. The van der Waals surface area contributed by atoms with Gasteiger partial charge in [-0.05, 0) is 31.0 Å². The number of rotatable bonds is 5. The summed E-state index contributed by atoms with van der Waals surface area (Å²) in [7, 11) is 0. The maximum absolute atomic E-state index is 11.7. The van der Waals surface area contributed by atoms with Gasteiger partial charge < -0.3 is 10.6 Å². The summed E-state index contributed by atoms with van der Waals surface area (Å²) in [5.74, 6) is 0.343. The lowest BCUT2D eigenvalue weighted by Gasteiger charge is -2.18. The molecule has 5 heteroatoms. The Balaban J connectivity index is 2.50. The predicted octanol–water partition coefficient (Wildman–Crippen LogP) is 3.57. The van der Waals surface area contributed by atoms with Gasteiger partial charge in [0.05, 0.1) is 17.3 Å².